The molecule has 0 aliphatic rings. The largest absolute Gasteiger partial charge is 0.322 e. The van der Waals surface area contributed by atoms with Crippen molar-refractivity contribution >= 4 is 44.8 Å². The van der Waals surface area contributed by atoms with Gasteiger partial charge in [0.1, 0.15) is 0 Å². The molecule has 3 aromatic heterocycles. The average Bonchev–Trinajstić information content (AvgIpc) is 3.26. The molecule has 1 N–H and O–H groups in total. The molecule has 0 unspecified atom stereocenters. The lowest BCUT2D eigenvalue weighted by molar-refractivity contribution is 0.102. The number of nitrogens with one attached hydrogen (secondary N) is 1. The predicted molar refractivity (Wildman–Crippen MR) is 129 cm³/mol. The first-order chi connectivity index (χ1) is 15.6. The van der Waals surface area contributed by atoms with Crippen LogP contribution >= 0.6 is 27.5 Å². The summed E-state index contributed by atoms with van der Waals surface area (Å²) < 4.78 is 2.47. The minimum absolute atomic E-state index is 0.254. The average molecular weight is 505 g/mol. The van der Waals surface area contributed by atoms with Crippen LogP contribution in [0.25, 0.3) is 28.2 Å². The number of hydrogen-bond donors (Lipinski definition) is 1. The summed E-state index contributed by atoms with van der Waals surface area (Å²) in [6, 6.07) is 20.3. The normalized spacial score (nSPS) is 10.9. The van der Waals surface area contributed by atoms with Crippen LogP contribution in [0.5, 0.6) is 0 Å². The van der Waals surface area contributed by atoms with E-state index in [0.29, 0.717) is 20.7 Å². The van der Waals surface area contributed by atoms with Gasteiger partial charge in [-0.25, -0.2) is 9.50 Å². The summed E-state index contributed by atoms with van der Waals surface area (Å²) >= 11 is 9.45. The molecule has 5 aromatic rings. The van der Waals surface area contributed by atoms with Crippen LogP contribution in [-0.4, -0.2) is 25.5 Å². The molecule has 0 bridgehead atoms. The van der Waals surface area contributed by atoms with E-state index in [1.54, 1.807) is 41.3 Å². The van der Waals surface area contributed by atoms with Crippen LogP contribution < -0.4 is 5.32 Å². The van der Waals surface area contributed by atoms with Crippen LogP contribution in [0.4, 0.5) is 5.69 Å². The third-order valence-electron chi connectivity index (χ3n) is 4.92. The van der Waals surface area contributed by atoms with Gasteiger partial charge in [-0.05, 0) is 64.5 Å². The number of halogens is 2. The molecule has 0 fully saturated rings. The van der Waals surface area contributed by atoms with Crippen molar-refractivity contribution in [1.82, 2.24) is 19.6 Å². The van der Waals surface area contributed by atoms with Crippen molar-refractivity contribution in [2.24, 2.45) is 0 Å². The minimum atomic E-state index is -0.254. The maximum atomic E-state index is 12.8. The Morgan fingerprint density at radius 3 is 2.62 bits per heavy atom. The molecule has 5 rings (SSSR count). The van der Waals surface area contributed by atoms with Crippen molar-refractivity contribution in [2.75, 3.05) is 5.32 Å². The third-order valence-corrected chi connectivity index (χ3v) is 5.85. The lowest BCUT2D eigenvalue weighted by Crippen LogP contribution is -2.12. The van der Waals surface area contributed by atoms with Gasteiger partial charge in [-0.1, -0.05) is 23.7 Å². The van der Waals surface area contributed by atoms with Gasteiger partial charge in [0.15, 0.2) is 5.65 Å². The number of rotatable bonds is 4. The van der Waals surface area contributed by atoms with Crippen molar-refractivity contribution in [3.05, 3.63) is 100 Å². The van der Waals surface area contributed by atoms with Gasteiger partial charge in [0.25, 0.3) is 5.91 Å². The highest BCUT2D eigenvalue weighted by molar-refractivity contribution is 9.10. The molecule has 0 saturated heterocycles. The molecule has 2 aromatic carbocycles. The molecule has 0 spiro atoms. The zero-order valence-corrected chi connectivity index (χ0v) is 18.9. The topological polar surface area (TPSA) is 72.2 Å². The Morgan fingerprint density at radius 2 is 1.78 bits per heavy atom. The maximum absolute atomic E-state index is 12.8. The number of nitrogens with zero attached hydrogens (tertiary/aromatic N) is 4. The Kier molecular flexibility index (Phi) is 5.43. The fourth-order valence-electron chi connectivity index (χ4n) is 3.40. The van der Waals surface area contributed by atoms with Crippen molar-refractivity contribution < 1.29 is 4.79 Å². The number of amides is 1. The number of fused-ring (bicyclic) bond motifs is 1. The Balaban J connectivity index is 1.50. The first-order valence-electron chi connectivity index (χ1n) is 9.70. The zero-order chi connectivity index (χ0) is 22.1. The smallest absolute Gasteiger partial charge is 0.256 e. The fourth-order valence-corrected chi connectivity index (χ4v) is 4.00. The monoisotopic (exact) mass is 503 g/mol. The number of pyridine rings is 1. The van der Waals surface area contributed by atoms with Crippen LogP contribution in [0.2, 0.25) is 5.02 Å². The molecule has 0 saturated carbocycles. The van der Waals surface area contributed by atoms with Gasteiger partial charge < -0.3 is 5.32 Å². The van der Waals surface area contributed by atoms with Gasteiger partial charge in [0.05, 0.1) is 17.0 Å². The summed E-state index contributed by atoms with van der Waals surface area (Å²) in [6.07, 6.45) is 5.22. The molecule has 0 aliphatic carbocycles. The van der Waals surface area contributed by atoms with E-state index in [9.17, 15) is 4.79 Å². The second kappa shape index (κ2) is 8.53. The lowest BCUT2D eigenvalue weighted by Gasteiger charge is -2.10. The molecule has 0 radical (unpaired) electrons. The quantitative estimate of drug-likeness (QED) is 0.320. The molecule has 0 atom stereocenters. The number of benzene rings is 2. The minimum Gasteiger partial charge on any atom is -0.322 e. The van der Waals surface area contributed by atoms with Crippen molar-refractivity contribution in [3.63, 3.8) is 0 Å². The zero-order valence-electron chi connectivity index (χ0n) is 16.5. The lowest BCUT2D eigenvalue weighted by atomic mass is 10.1. The SMILES string of the molecule is O=C(Nc1cccc(-c2ccnc3cc(-c4ccncc4)nn23)c1)c1cc(Cl)ccc1Br. The highest BCUT2D eigenvalue weighted by Gasteiger charge is 2.13. The van der Waals surface area contributed by atoms with Gasteiger partial charge in [-0.2, -0.15) is 5.10 Å². The number of hydrogen-bond acceptors (Lipinski definition) is 4. The summed E-state index contributed by atoms with van der Waals surface area (Å²) in [4.78, 5) is 21.3. The van der Waals surface area contributed by atoms with E-state index in [1.165, 1.54) is 0 Å². The highest BCUT2D eigenvalue weighted by atomic mass is 79.9. The predicted octanol–water partition coefficient (Wildman–Crippen LogP) is 6.13. The standard InChI is InChI=1S/C24H15BrClN5O/c25-20-5-4-17(26)13-19(20)24(32)29-18-3-1-2-16(12-18)22-8-11-28-23-14-21(30-31(22)23)15-6-9-27-10-7-15/h1-14H,(H,29,32). The van der Waals surface area contributed by atoms with Crippen LogP contribution in [-0.2, 0) is 0 Å². The second-order valence-corrected chi connectivity index (χ2v) is 8.32. The summed E-state index contributed by atoms with van der Waals surface area (Å²) in [5, 5.41) is 8.17. The van der Waals surface area contributed by atoms with E-state index in [2.05, 4.69) is 31.2 Å². The highest BCUT2D eigenvalue weighted by Crippen LogP contribution is 2.27. The molecule has 8 heteroatoms. The number of anilines is 1. The number of carbonyl (C=O) groups is 1. The first-order valence-corrected chi connectivity index (χ1v) is 10.9. The molecule has 0 aliphatic heterocycles. The van der Waals surface area contributed by atoms with E-state index < -0.39 is 0 Å². The van der Waals surface area contributed by atoms with Crippen LogP contribution in [0, 0.1) is 0 Å². The Bertz CT molecular complexity index is 1450. The summed E-state index contributed by atoms with van der Waals surface area (Å²) in [5.41, 5.74) is 5.37. The van der Waals surface area contributed by atoms with Gasteiger partial charge >= 0.3 is 0 Å². The van der Waals surface area contributed by atoms with Crippen molar-refractivity contribution in [2.45, 2.75) is 0 Å². The molecule has 32 heavy (non-hydrogen) atoms. The van der Waals surface area contributed by atoms with Crippen LogP contribution in [0.3, 0.4) is 0 Å². The van der Waals surface area contributed by atoms with E-state index in [4.69, 9.17) is 16.7 Å². The maximum Gasteiger partial charge on any atom is 0.256 e. The van der Waals surface area contributed by atoms with E-state index in [0.717, 1.165) is 28.2 Å². The fraction of sp³-hybridized carbons (Fsp3) is 0. The van der Waals surface area contributed by atoms with E-state index in [-0.39, 0.29) is 5.91 Å². The molecule has 3 heterocycles. The number of aromatic nitrogens is 4. The van der Waals surface area contributed by atoms with E-state index in [1.807, 2.05) is 48.5 Å². The van der Waals surface area contributed by atoms with Crippen LogP contribution in [0.1, 0.15) is 10.4 Å². The summed E-state index contributed by atoms with van der Waals surface area (Å²) in [6.45, 7) is 0. The molecule has 1 amide bonds. The van der Waals surface area contributed by atoms with Gasteiger partial charge in [0, 0.05) is 51.0 Å². The summed E-state index contributed by atoms with van der Waals surface area (Å²) in [7, 11) is 0. The van der Waals surface area contributed by atoms with Crippen molar-refractivity contribution in [1.29, 1.82) is 0 Å². The van der Waals surface area contributed by atoms with E-state index >= 15 is 0 Å². The molecular formula is C24H15BrClN5O. The summed E-state index contributed by atoms with van der Waals surface area (Å²) in [5.74, 6) is -0.254. The van der Waals surface area contributed by atoms with Gasteiger partial charge in [0.2, 0.25) is 0 Å². The van der Waals surface area contributed by atoms with Gasteiger partial charge in [-0.15, -0.1) is 0 Å². The van der Waals surface area contributed by atoms with Crippen molar-refractivity contribution in [3.8, 4) is 22.5 Å². The molecule has 156 valence electrons. The Labute approximate surface area is 197 Å². The molecule has 6 nitrogen and oxygen atoms in total. The number of carbonyl (C=O) groups excluding carboxylic acids is 1. The Hall–Kier alpha value is -3.55. The Morgan fingerprint density at radius 1 is 0.938 bits per heavy atom. The van der Waals surface area contributed by atoms with Crippen LogP contribution in [0.15, 0.2) is 89.8 Å². The van der Waals surface area contributed by atoms with Gasteiger partial charge in [-0.3, -0.25) is 9.78 Å². The third kappa shape index (κ3) is 4.00. The second-order valence-electron chi connectivity index (χ2n) is 7.02. The molecular weight excluding hydrogens is 490 g/mol. The first kappa shape index (κ1) is 20.4.